The van der Waals surface area contributed by atoms with E-state index in [2.05, 4.69) is 35.3 Å². The lowest BCUT2D eigenvalue weighted by atomic mass is 10.1. The Morgan fingerprint density at radius 3 is 2.83 bits per heavy atom. The van der Waals surface area contributed by atoms with E-state index in [0.717, 1.165) is 32.2 Å². The van der Waals surface area contributed by atoms with E-state index in [1.807, 2.05) is 18.8 Å². The quantitative estimate of drug-likeness (QED) is 0.611. The average Bonchev–Trinajstić information content (AvgIpc) is 2.79. The Hall–Kier alpha value is -0.420. The molecule has 1 rings (SSSR count). The van der Waals surface area contributed by atoms with Crippen molar-refractivity contribution in [1.29, 1.82) is 0 Å². The first-order valence-electron chi connectivity index (χ1n) is 6.52. The third-order valence-electron chi connectivity index (χ3n) is 3.42. The van der Waals surface area contributed by atoms with E-state index in [1.165, 1.54) is 6.42 Å². The molecule has 0 aliphatic carbocycles. The van der Waals surface area contributed by atoms with Gasteiger partial charge in [-0.1, -0.05) is 0 Å². The van der Waals surface area contributed by atoms with Gasteiger partial charge in [-0.25, -0.2) is 0 Å². The second-order valence-corrected chi connectivity index (χ2v) is 6.93. The van der Waals surface area contributed by atoms with Gasteiger partial charge in [0.25, 0.3) is 0 Å². The molecule has 0 saturated carbocycles. The van der Waals surface area contributed by atoms with Gasteiger partial charge < -0.3 is 15.0 Å². The molecular formula is C13H27N3OS. The number of guanidine groups is 1. The van der Waals surface area contributed by atoms with Crippen molar-refractivity contribution in [3.63, 3.8) is 0 Å². The highest BCUT2D eigenvalue weighted by molar-refractivity contribution is 7.99. The van der Waals surface area contributed by atoms with Crippen molar-refractivity contribution in [3.8, 4) is 0 Å². The Morgan fingerprint density at radius 2 is 2.28 bits per heavy atom. The molecule has 5 heteroatoms. The standard InChI is InChI=1S/C13H27N3OS/c1-13(2,18-5)10-15-12(14-3)16-7-6-11(8-16)9-17-4/h11H,6-10H2,1-5H3,(H,14,15). The lowest BCUT2D eigenvalue weighted by Gasteiger charge is -2.27. The van der Waals surface area contributed by atoms with Crippen molar-refractivity contribution in [2.24, 2.45) is 10.9 Å². The number of ether oxygens (including phenoxy) is 1. The van der Waals surface area contributed by atoms with Gasteiger partial charge in [-0.05, 0) is 26.5 Å². The molecule has 1 fully saturated rings. The topological polar surface area (TPSA) is 36.9 Å². The zero-order chi connectivity index (χ0) is 13.6. The van der Waals surface area contributed by atoms with Crippen LogP contribution in [0.2, 0.25) is 0 Å². The van der Waals surface area contributed by atoms with Gasteiger partial charge in [0, 0.05) is 44.5 Å². The monoisotopic (exact) mass is 273 g/mol. The van der Waals surface area contributed by atoms with Crippen molar-refractivity contribution in [3.05, 3.63) is 0 Å². The van der Waals surface area contributed by atoms with E-state index in [0.29, 0.717) is 5.92 Å². The number of hydrogen-bond donors (Lipinski definition) is 1. The second kappa shape index (κ2) is 7.24. The van der Waals surface area contributed by atoms with Crippen LogP contribution in [0.5, 0.6) is 0 Å². The first-order valence-corrected chi connectivity index (χ1v) is 7.74. The summed E-state index contributed by atoms with van der Waals surface area (Å²) in [4.78, 5) is 6.72. The van der Waals surface area contributed by atoms with Gasteiger partial charge >= 0.3 is 0 Å². The minimum atomic E-state index is 0.238. The maximum Gasteiger partial charge on any atom is 0.193 e. The Bertz CT molecular complexity index is 281. The van der Waals surface area contributed by atoms with Gasteiger partial charge in [0.2, 0.25) is 0 Å². The number of rotatable bonds is 5. The molecule has 1 N–H and O–H groups in total. The molecule has 1 atom stereocenters. The molecule has 1 aliphatic heterocycles. The predicted molar refractivity (Wildman–Crippen MR) is 80.5 cm³/mol. The summed E-state index contributed by atoms with van der Waals surface area (Å²) in [5, 5.41) is 3.48. The Kier molecular flexibility index (Phi) is 6.29. The molecule has 0 radical (unpaired) electrons. The lowest BCUT2D eigenvalue weighted by molar-refractivity contribution is 0.157. The Labute approximate surface area is 116 Å². The summed E-state index contributed by atoms with van der Waals surface area (Å²) >= 11 is 1.87. The average molecular weight is 273 g/mol. The Balaban J connectivity index is 2.44. The number of hydrogen-bond acceptors (Lipinski definition) is 3. The van der Waals surface area contributed by atoms with E-state index in [4.69, 9.17) is 4.74 Å². The summed E-state index contributed by atoms with van der Waals surface area (Å²) < 4.78 is 5.47. The fourth-order valence-electron chi connectivity index (χ4n) is 2.09. The van der Waals surface area contributed by atoms with Crippen LogP contribution in [0, 0.1) is 5.92 Å². The fraction of sp³-hybridized carbons (Fsp3) is 0.923. The highest BCUT2D eigenvalue weighted by Gasteiger charge is 2.25. The highest BCUT2D eigenvalue weighted by atomic mass is 32.2. The summed E-state index contributed by atoms with van der Waals surface area (Å²) in [6.45, 7) is 8.40. The third kappa shape index (κ3) is 4.69. The summed E-state index contributed by atoms with van der Waals surface area (Å²) in [7, 11) is 3.63. The number of aliphatic imine (C=N–C) groups is 1. The number of likely N-dealkylation sites (tertiary alicyclic amines) is 1. The van der Waals surface area contributed by atoms with E-state index in [-0.39, 0.29) is 4.75 Å². The molecule has 1 unspecified atom stereocenters. The molecule has 0 aromatic heterocycles. The minimum absolute atomic E-state index is 0.238. The van der Waals surface area contributed by atoms with Gasteiger partial charge in [-0.3, -0.25) is 4.99 Å². The van der Waals surface area contributed by atoms with Crippen LogP contribution < -0.4 is 5.32 Å². The van der Waals surface area contributed by atoms with Gasteiger partial charge in [0.1, 0.15) is 0 Å². The molecule has 0 aromatic carbocycles. The SMILES string of the molecule is CN=C(NCC(C)(C)SC)N1CCC(COC)C1. The maximum atomic E-state index is 5.23. The molecule has 1 heterocycles. The van der Waals surface area contributed by atoms with Crippen LogP contribution in [0.25, 0.3) is 0 Å². The third-order valence-corrected chi connectivity index (χ3v) is 4.67. The van der Waals surface area contributed by atoms with Crippen molar-refractivity contribution in [2.45, 2.75) is 25.0 Å². The molecule has 0 bridgehead atoms. The number of thioether (sulfide) groups is 1. The molecule has 0 spiro atoms. The zero-order valence-electron chi connectivity index (χ0n) is 12.3. The zero-order valence-corrected chi connectivity index (χ0v) is 13.1. The van der Waals surface area contributed by atoms with Gasteiger partial charge in [0.15, 0.2) is 5.96 Å². The van der Waals surface area contributed by atoms with Crippen LogP contribution in [0.1, 0.15) is 20.3 Å². The van der Waals surface area contributed by atoms with E-state index >= 15 is 0 Å². The number of nitrogens with one attached hydrogen (secondary N) is 1. The Morgan fingerprint density at radius 1 is 1.56 bits per heavy atom. The fourth-order valence-corrected chi connectivity index (χ4v) is 2.31. The molecule has 0 amide bonds. The van der Waals surface area contributed by atoms with Crippen LogP contribution in [-0.2, 0) is 4.74 Å². The summed E-state index contributed by atoms with van der Waals surface area (Å²) in [5.41, 5.74) is 0. The van der Waals surface area contributed by atoms with Crippen LogP contribution in [0.15, 0.2) is 4.99 Å². The van der Waals surface area contributed by atoms with Crippen molar-refractivity contribution < 1.29 is 4.74 Å². The number of nitrogens with zero attached hydrogens (tertiary/aromatic N) is 2. The van der Waals surface area contributed by atoms with Crippen LogP contribution >= 0.6 is 11.8 Å². The minimum Gasteiger partial charge on any atom is -0.384 e. The van der Waals surface area contributed by atoms with Crippen molar-refractivity contribution in [2.75, 3.05) is 46.7 Å². The normalized spacial score (nSPS) is 21.5. The first-order chi connectivity index (χ1) is 8.52. The largest absolute Gasteiger partial charge is 0.384 e. The highest BCUT2D eigenvalue weighted by Crippen LogP contribution is 2.20. The summed E-state index contributed by atoms with van der Waals surface area (Å²) in [6.07, 6.45) is 3.34. The maximum absolute atomic E-state index is 5.23. The molecule has 4 nitrogen and oxygen atoms in total. The van der Waals surface area contributed by atoms with Crippen LogP contribution in [0.3, 0.4) is 0 Å². The summed E-state index contributed by atoms with van der Waals surface area (Å²) in [5.74, 6) is 1.66. The molecule has 0 aromatic rings. The van der Waals surface area contributed by atoms with Gasteiger partial charge in [-0.2, -0.15) is 11.8 Å². The number of methoxy groups -OCH3 is 1. The first kappa shape index (κ1) is 15.6. The lowest BCUT2D eigenvalue weighted by Crippen LogP contribution is -2.45. The van der Waals surface area contributed by atoms with E-state index in [1.54, 1.807) is 7.11 Å². The van der Waals surface area contributed by atoms with E-state index < -0.39 is 0 Å². The molecular weight excluding hydrogens is 246 g/mol. The summed E-state index contributed by atoms with van der Waals surface area (Å²) in [6, 6.07) is 0. The molecule has 106 valence electrons. The predicted octanol–water partition coefficient (Wildman–Crippen LogP) is 1.67. The second-order valence-electron chi connectivity index (χ2n) is 5.42. The van der Waals surface area contributed by atoms with Crippen LogP contribution in [0.4, 0.5) is 0 Å². The molecule has 18 heavy (non-hydrogen) atoms. The van der Waals surface area contributed by atoms with Crippen molar-refractivity contribution in [1.82, 2.24) is 10.2 Å². The van der Waals surface area contributed by atoms with Crippen LogP contribution in [-0.4, -0.2) is 62.3 Å². The van der Waals surface area contributed by atoms with Gasteiger partial charge in [0.05, 0.1) is 6.61 Å². The van der Waals surface area contributed by atoms with E-state index in [9.17, 15) is 0 Å². The molecule has 1 aliphatic rings. The van der Waals surface area contributed by atoms with Crippen molar-refractivity contribution >= 4 is 17.7 Å². The molecule has 1 saturated heterocycles. The smallest absolute Gasteiger partial charge is 0.193 e. The van der Waals surface area contributed by atoms with Gasteiger partial charge in [-0.15, -0.1) is 0 Å².